The zero-order chi connectivity index (χ0) is 15.9. The minimum atomic E-state index is -5.72. The molecule has 0 spiro atoms. The van der Waals surface area contributed by atoms with Crippen molar-refractivity contribution < 1.29 is 25.8 Å². The summed E-state index contributed by atoms with van der Waals surface area (Å²) >= 11 is 0. The molecule has 1 heterocycles. The van der Waals surface area contributed by atoms with Gasteiger partial charge in [0.2, 0.25) is 5.90 Å². The van der Waals surface area contributed by atoms with Crippen LogP contribution in [-0.4, -0.2) is 26.4 Å². The molecule has 0 saturated carbocycles. The van der Waals surface area contributed by atoms with Crippen LogP contribution in [0, 0.1) is 0 Å². The molecule has 0 saturated heterocycles. The van der Waals surface area contributed by atoms with Gasteiger partial charge in [-0.05, 0) is 23.5 Å². The van der Waals surface area contributed by atoms with Gasteiger partial charge in [-0.25, -0.2) is 0 Å². The Morgan fingerprint density at radius 1 is 1.24 bits per heavy atom. The molecule has 0 unspecified atom stereocenters. The molecule has 4 nitrogen and oxygen atoms in total. The van der Waals surface area contributed by atoms with Crippen LogP contribution >= 0.6 is 0 Å². The van der Waals surface area contributed by atoms with E-state index in [4.69, 9.17) is 0 Å². The lowest BCUT2D eigenvalue weighted by Crippen LogP contribution is -2.29. The van der Waals surface area contributed by atoms with Gasteiger partial charge in [0.1, 0.15) is 0 Å². The van der Waals surface area contributed by atoms with Gasteiger partial charge < -0.3 is 4.18 Å². The van der Waals surface area contributed by atoms with Crippen molar-refractivity contribution in [2.24, 2.45) is 4.99 Å². The number of hydrogen-bond donors (Lipinski definition) is 0. The number of benzene rings is 1. The second-order valence-corrected chi connectivity index (χ2v) is 6.89. The molecule has 2 rings (SSSR count). The first kappa shape index (κ1) is 15.8. The van der Waals surface area contributed by atoms with E-state index in [0.29, 0.717) is 12.0 Å². The van der Waals surface area contributed by atoms with E-state index >= 15 is 0 Å². The van der Waals surface area contributed by atoms with Crippen molar-refractivity contribution in [2.45, 2.75) is 31.2 Å². The van der Waals surface area contributed by atoms with Crippen molar-refractivity contribution in [3.63, 3.8) is 0 Å². The zero-order valence-electron chi connectivity index (χ0n) is 11.4. The van der Waals surface area contributed by atoms with Gasteiger partial charge in [0, 0.05) is 12.1 Å². The summed E-state index contributed by atoms with van der Waals surface area (Å²) in [5.74, 6) is -0.506. The Morgan fingerprint density at radius 2 is 1.86 bits per heavy atom. The van der Waals surface area contributed by atoms with Crippen molar-refractivity contribution >= 4 is 16.0 Å². The molecular formula is C13H14F3NO3S. The molecule has 1 aromatic rings. The lowest BCUT2D eigenvalue weighted by molar-refractivity contribution is -0.0504. The molecule has 0 fully saturated rings. The normalized spacial score (nSPS) is 18.4. The van der Waals surface area contributed by atoms with Crippen LogP contribution in [0.3, 0.4) is 0 Å². The van der Waals surface area contributed by atoms with E-state index in [0.717, 1.165) is 0 Å². The van der Waals surface area contributed by atoms with Crippen LogP contribution in [0.25, 0.3) is 0 Å². The minimum absolute atomic E-state index is 0.185. The zero-order valence-corrected chi connectivity index (χ0v) is 12.3. The Kier molecular flexibility index (Phi) is 3.77. The summed E-state index contributed by atoms with van der Waals surface area (Å²) in [5.41, 5.74) is -4.84. The van der Waals surface area contributed by atoms with Crippen LogP contribution in [0.5, 0.6) is 0 Å². The smallest absolute Gasteiger partial charge is 0.355 e. The molecule has 0 N–H and O–H groups in total. The average molecular weight is 321 g/mol. The van der Waals surface area contributed by atoms with Crippen molar-refractivity contribution in [1.29, 1.82) is 0 Å². The first-order valence-electron chi connectivity index (χ1n) is 6.20. The maximum Gasteiger partial charge on any atom is 0.534 e. The lowest BCUT2D eigenvalue weighted by atomic mass is 9.80. The molecule has 0 aliphatic carbocycles. The summed E-state index contributed by atoms with van der Waals surface area (Å²) < 4.78 is 63.9. The summed E-state index contributed by atoms with van der Waals surface area (Å²) in [6, 6.07) is 6.58. The maximum absolute atomic E-state index is 12.5. The van der Waals surface area contributed by atoms with Gasteiger partial charge in [-0.3, -0.25) is 4.99 Å². The molecule has 1 aliphatic rings. The standard InChI is InChI=1S/C13H14F3NO3S/c1-12(2)7-8-17-11(9-5-3-4-6-10(9)12)20-21(18,19)13(14,15)16/h3-6H,7-8H2,1-2H3. The Morgan fingerprint density at radius 3 is 2.48 bits per heavy atom. The fourth-order valence-electron chi connectivity index (χ4n) is 2.14. The van der Waals surface area contributed by atoms with Gasteiger partial charge in [0.25, 0.3) is 0 Å². The van der Waals surface area contributed by atoms with Crippen LogP contribution < -0.4 is 0 Å². The monoisotopic (exact) mass is 321 g/mol. The quantitative estimate of drug-likeness (QED) is 0.590. The van der Waals surface area contributed by atoms with Gasteiger partial charge in [-0.2, -0.15) is 21.6 Å². The van der Waals surface area contributed by atoms with Crippen molar-refractivity contribution in [3.05, 3.63) is 35.4 Å². The number of nitrogens with zero attached hydrogens (tertiary/aromatic N) is 1. The number of hydrogen-bond acceptors (Lipinski definition) is 4. The van der Waals surface area contributed by atoms with E-state index in [1.807, 2.05) is 13.8 Å². The number of alkyl halides is 3. The third-order valence-corrected chi connectivity index (χ3v) is 4.30. The molecule has 0 radical (unpaired) electrons. The molecule has 21 heavy (non-hydrogen) atoms. The fourth-order valence-corrected chi connectivity index (χ4v) is 2.58. The maximum atomic E-state index is 12.5. The van der Waals surface area contributed by atoms with E-state index < -0.39 is 21.5 Å². The third kappa shape index (κ3) is 3.04. The van der Waals surface area contributed by atoms with Crippen LogP contribution in [0.4, 0.5) is 13.2 Å². The first-order valence-corrected chi connectivity index (χ1v) is 7.60. The number of aliphatic imine (C=N–C) groups is 1. The highest BCUT2D eigenvalue weighted by Gasteiger charge is 2.49. The third-order valence-electron chi connectivity index (χ3n) is 3.35. The van der Waals surface area contributed by atoms with Crippen LogP contribution in [0.2, 0.25) is 0 Å². The highest BCUT2D eigenvalue weighted by atomic mass is 32.2. The summed E-state index contributed by atoms with van der Waals surface area (Å²) in [5, 5.41) is 0. The molecule has 0 amide bonds. The summed E-state index contributed by atoms with van der Waals surface area (Å²) in [6.45, 7) is 4.02. The summed E-state index contributed by atoms with van der Waals surface area (Å²) in [4.78, 5) is 3.87. The van der Waals surface area contributed by atoms with Crippen molar-refractivity contribution in [1.82, 2.24) is 0 Å². The average Bonchev–Trinajstić information content (AvgIpc) is 2.46. The molecule has 1 aliphatic heterocycles. The van der Waals surface area contributed by atoms with Crippen LogP contribution in [0.1, 0.15) is 31.4 Å². The first-order chi connectivity index (χ1) is 9.55. The molecule has 116 valence electrons. The second kappa shape index (κ2) is 5.01. The van der Waals surface area contributed by atoms with Crippen LogP contribution in [0.15, 0.2) is 29.3 Å². The Bertz CT molecular complexity index is 678. The largest absolute Gasteiger partial charge is 0.534 e. The number of rotatable bonds is 1. The van der Waals surface area contributed by atoms with Crippen molar-refractivity contribution in [2.75, 3.05) is 6.54 Å². The highest BCUT2D eigenvalue weighted by Crippen LogP contribution is 2.34. The fraction of sp³-hybridized carbons (Fsp3) is 0.462. The molecule has 0 atom stereocenters. The Labute approximate surface area is 120 Å². The van der Waals surface area contributed by atoms with Gasteiger partial charge in [-0.15, -0.1) is 0 Å². The van der Waals surface area contributed by atoms with E-state index in [-0.39, 0.29) is 17.5 Å². The van der Waals surface area contributed by atoms with Crippen LogP contribution in [-0.2, 0) is 19.7 Å². The van der Waals surface area contributed by atoms with E-state index in [1.54, 1.807) is 18.2 Å². The summed E-state index contributed by atoms with van der Waals surface area (Å²) in [7, 11) is -5.72. The predicted octanol–water partition coefficient (Wildman–Crippen LogP) is 2.98. The lowest BCUT2D eigenvalue weighted by Gasteiger charge is -2.24. The van der Waals surface area contributed by atoms with E-state index in [1.165, 1.54) is 6.07 Å². The molecule has 1 aromatic carbocycles. The Balaban J connectivity index is 2.49. The molecule has 0 bridgehead atoms. The van der Waals surface area contributed by atoms with Gasteiger partial charge in [0.05, 0.1) is 0 Å². The van der Waals surface area contributed by atoms with Crippen molar-refractivity contribution in [3.8, 4) is 0 Å². The van der Waals surface area contributed by atoms with Gasteiger partial charge in [0.15, 0.2) is 0 Å². The van der Waals surface area contributed by atoms with E-state index in [2.05, 4.69) is 9.18 Å². The molecular weight excluding hydrogens is 307 g/mol. The number of fused-ring (bicyclic) bond motifs is 1. The Hall–Kier alpha value is -1.57. The second-order valence-electron chi connectivity index (χ2n) is 5.35. The van der Waals surface area contributed by atoms with E-state index in [9.17, 15) is 21.6 Å². The SMILES string of the molecule is CC1(C)CCN=C(OS(=O)(=O)C(F)(F)F)c2ccccc21. The molecule has 8 heteroatoms. The van der Waals surface area contributed by atoms with Gasteiger partial charge >= 0.3 is 15.6 Å². The predicted molar refractivity (Wildman–Crippen MR) is 71.5 cm³/mol. The van der Waals surface area contributed by atoms with Gasteiger partial charge in [-0.1, -0.05) is 32.0 Å². The number of halogens is 3. The summed E-state index contributed by atoms with van der Waals surface area (Å²) in [6.07, 6.45) is 0.572. The highest BCUT2D eigenvalue weighted by molar-refractivity contribution is 7.88. The molecule has 0 aromatic heterocycles. The topological polar surface area (TPSA) is 55.7 Å². The minimum Gasteiger partial charge on any atom is -0.355 e.